The van der Waals surface area contributed by atoms with Crippen molar-refractivity contribution in [2.24, 2.45) is 0 Å². The molecule has 0 aliphatic rings. The van der Waals surface area contributed by atoms with Gasteiger partial charge in [0.2, 0.25) is 0 Å². The monoisotopic (exact) mass is 372 g/mol. The topological polar surface area (TPSA) is 103 Å². The average molecular weight is 372 g/mol. The molecule has 2 amide bonds. The highest BCUT2D eigenvalue weighted by molar-refractivity contribution is 6.07. The van der Waals surface area contributed by atoms with Crippen LogP contribution in [-0.4, -0.2) is 30.7 Å². The lowest BCUT2D eigenvalue weighted by atomic mass is 10.1. The quantitative estimate of drug-likeness (QED) is 0.388. The second kappa shape index (κ2) is 10.2. The Balaban J connectivity index is 2.57. The summed E-state index contributed by atoms with van der Waals surface area (Å²) < 4.78 is 5.11. The minimum atomic E-state index is -0.559. The van der Waals surface area contributed by atoms with E-state index in [1.807, 2.05) is 38.1 Å². The van der Waals surface area contributed by atoms with E-state index in [1.165, 1.54) is 6.20 Å². The zero-order valence-electron chi connectivity index (χ0n) is 16.6. The van der Waals surface area contributed by atoms with Crippen molar-refractivity contribution in [2.75, 3.05) is 18.4 Å². The molecule has 1 aromatic rings. The van der Waals surface area contributed by atoms with E-state index < -0.39 is 17.6 Å². The van der Waals surface area contributed by atoms with Gasteiger partial charge >= 0.3 is 6.09 Å². The summed E-state index contributed by atoms with van der Waals surface area (Å²) in [5.41, 5.74) is 2.08. The van der Waals surface area contributed by atoms with Gasteiger partial charge in [0.25, 0.3) is 5.91 Å². The second-order valence-electron chi connectivity index (χ2n) is 6.97. The van der Waals surface area contributed by atoms with Crippen LogP contribution in [0.5, 0.6) is 0 Å². The van der Waals surface area contributed by atoms with Crippen molar-refractivity contribution >= 4 is 17.7 Å². The van der Waals surface area contributed by atoms with E-state index in [9.17, 15) is 14.9 Å². The van der Waals surface area contributed by atoms with Gasteiger partial charge in [-0.25, -0.2) is 4.79 Å². The molecule has 3 N–H and O–H groups in total. The van der Waals surface area contributed by atoms with E-state index in [0.717, 1.165) is 23.2 Å². The third-order valence-electron chi connectivity index (χ3n) is 3.53. The van der Waals surface area contributed by atoms with E-state index in [4.69, 9.17) is 4.74 Å². The van der Waals surface area contributed by atoms with Gasteiger partial charge in [0.1, 0.15) is 17.2 Å². The SMILES string of the molecule is CCc1cccc(C)c1NC(=O)/C(C#N)=C\NCCNC(=O)OC(C)(C)C. The fourth-order valence-electron chi connectivity index (χ4n) is 2.26. The van der Waals surface area contributed by atoms with Crippen molar-refractivity contribution in [3.63, 3.8) is 0 Å². The summed E-state index contributed by atoms with van der Waals surface area (Å²) in [5.74, 6) is -0.478. The Hall–Kier alpha value is -3.01. The van der Waals surface area contributed by atoms with Crippen LogP contribution in [0.25, 0.3) is 0 Å². The molecule has 0 saturated carbocycles. The Morgan fingerprint density at radius 3 is 2.56 bits per heavy atom. The molecule has 27 heavy (non-hydrogen) atoms. The number of alkyl carbamates (subject to hydrolysis) is 1. The Morgan fingerprint density at radius 1 is 1.26 bits per heavy atom. The number of carbonyl (C=O) groups excluding carboxylic acids is 2. The molecule has 0 aliphatic heterocycles. The zero-order chi connectivity index (χ0) is 20.4. The fraction of sp³-hybridized carbons (Fsp3) is 0.450. The first kappa shape index (κ1) is 22.0. The number of nitrogens with zero attached hydrogens (tertiary/aromatic N) is 1. The number of nitriles is 1. The molecule has 0 fully saturated rings. The first-order chi connectivity index (χ1) is 12.7. The van der Waals surface area contributed by atoms with Gasteiger partial charge in [0.15, 0.2) is 0 Å². The maximum Gasteiger partial charge on any atom is 0.407 e. The third kappa shape index (κ3) is 7.82. The molecule has 0 atom stereocenters. The van der Waals surface area contributed by atoms with Gasteiger partial charge in [0, 0.05) is 25.0 Å². The molecule has 0 heterocycles. The number of para-hydroxylation sites is 1. The smallest absolute Gasteiger partial charge is 0.407 e. The number of rotatable bonds is 7. The van der Waals surface area contributed by atoms with E-state index >= 15 is 0 Å². The van der Waals surface area contributed by atoms with Crippen LogP contribution in [-0.2, 0) is 16.0 Å². The normalized spacial score (nSPS) is 11.3. The van der Waals surface area contributed by atoms with Crippen LogP contribution in [0.1, 0.15) is 38.8 Å². The number of ether oxygens (including phenoxy) is 1. The number of aryl methyl sites for hydroxylation is 2. The molecule has 0 spiro atoms. The molecular formula is C20H28N4O3. The van der Waals surface area contributed by atoms with Gasteiger partial charge in [0.05, 0.1) is 0 Å². The van der Waals surface area contributed by atoms with Gasteiger partial charge in [-0.05, 0) is 45.2 Å². The number of anilines is 1. The molecule has 0 unspecified atom stereocenters. The number of benzene rings is 1. The fourth-order valence-corrected chi connectivity index (χ4v) is 2.26. The van der Waals surface area contributed by atoms with Crippen LogP contribution >= 0.6 is 0 Å². The molecule has 7 heteroatoms. The largest absolute Gasteiger partial charge is 0.444 e. The Labute approximate surface area is 160 Å². The standard InChI is InChI=1S/C20H28N4O3/c1-6-15-9-7-8-14(2)17(15)24-18(25)16(12-21)13-22-10-11-23-19(26)27-20(3,4)5/h7-9,13,22H,6,10-11H2,1-5H3,(H,23,26)(H,24,25)/b16-13-. The van der Waals surface area contributed by atoms with Gasteiger partial charge < -0.3 is 20.7 Å². The first-order valence-corrected chi connectivity index (χ1v) is 8.88. The lowest BCUT2D eigenvalue weighted by Gasteiger charge is -2.19. The summed E-state index contributed by atoms with van der Waals surface area (Å²) in [7, 11) is 0. The van der Waals surface area contributed by atoms with E-state index in [2.05, 4.69) is 16.0 Å². The summed E-state index contributed by atoms with van der Waals surface area (Å²) in [6.07, 6.45) is 1.60. The summed E-state index contributed by atoms with van der Waals surface area (Å²) in [6.45, 7) is 9.90. The van der Waals surface area contributed by atoms with Crippen LogP contribution in [0.3, 0.4) is 0 Å². The van der Waals surface area contributed by atoms with Gasteiger partial charge in [-0.15, -0.1) is 0 Å². The van der Waals surface area contributed by atoms with Crippen LogP contribution in [0.2, 0.25) is 0 Å². The Morgan fingerprint density at radius 2 is 1.96 bits per heavy atom. The van der Waals surface area contributed by atoms with Crippen molar-refractivity contribution in [3.05, 3.63) is 41.1 Å². The highest BCUT2D eigenvalue weighted by Gasteiger charge is 2.15. The molecular weight excluding hydrogens is 344 g/mol. The molecule has 7 nitrogen and oxygen atoms in total. The van der Waals surface area contributed by atoms with Crippen molar-refractivity contribution in [3.8, 4) is 6.07 Å². The summed E-state index contributed by atoms with van der Waals surface area (Å²) in [4.78, 5) is 23.9. The van der Waals surface area contributed by atoms with Crippen molar-refractivity contribution in [1.29, 1.82) is 5.26 Å². The Bertz CT molecular complexity index is 743. The number of hydrogen-bond donors (Lipinski definition) is 3. The maximum absolute atomic E-state index is 12.4. The van der Waals surface area contributed by atoms with Gasteiger partial charge in [-0.2, -0.15) is 5.26 Å². The summed E-state index contributed by atoms with van der Waals surface area (Å²) in [6, 6.07) is 7.67. The minimum absolute atomic E-state index is 0.0439. The van der Waals surface area contributed by atoms with Crippen molar-refractivity contribution < 1.29 is 14.3 Å². The maximum atomic E-state index is 12.4. The number of hydrogen-bond acceptors (Lipinski definition) is 5. The van der Waals surface area contributed by atoms with Gasteiger partial charge in [-0.1, -0.05) is 25.1 Å². The van der Waals surface area contributed by atoms with Gasteiger partial charge in [-0.3, -0.25) is 4.79 Å². The lowest BCUT2D eigenvalue weighted by molar-refractivity contribution is -0.112. The number of carbonyl (C=O) groups is 2. The van der Waals surface area contributed by atoms with Crippen molar-refractivity contribution in [1.82, 2.24) is 10.6 Å². The van der Waals surface area contributed by atoms with E-state index in [-0.39, 0.29) is 5.57 Å². The highest BCUT2D eigenvalue weighted by Crippen LogP contribution is 2.21. The molecule has 0 aliphatic carbocycles. The molecule has 146 valence electrons. The minimum Gasteiger partial charge on any atom is -0.444 e. The second-order valence-corrected chi connectivity index (χ2v) is 6.97. The molecule has 0 aromatic heterocycles. The molecule has 1 aromatic carbocycles. The van der Waals surface area contributed by atoms with Crippen LogP contribution in [0.4, 0.5) is 10.5 Å². The van der Waals surface area contributed by atoms with Crippen LogP contribution < -0.4 is 16.0 Å². The predicted octanol–water partition coefficient (Wildman–Crippen LogP) is 3.02. The predicted molar refractivity (Wildman–Crippen MR) is 105 cm³/mol. The lowest BCUT2D eigenvalue weighted by Crippen LogP contribution is -2.35. The van der Waals surface area contributed by atoms with Crippen LogP contribution in [0.15, 0.2) is 30.0 Å². The van der Waals surface area contributed by atoms with E-state index in [0.29, 0.717) is 13.1 Å². The summed E-state index contributed by atoms with van der Waals surface area (Å²) in [5, 5.41) is 17.5. The zero-order valence-corrected chi connectivity index (χ0v) is 16.6. The Kier molecular flexibility index (Phi) is 8.34. The van der Waals surface area contributed by atoms with Crippen LogP contribution in [0, 0.1) is 18.3 Å². The first-order valence-electron chi connectivity index (χ1n) is 8.88. The molecule has 1 rings (SSSR count). The number of nitrogens with one attached hydrogen (secondary N) is 3. The molecule has 0 saturated heterocycles. The summed E-state index contributed by atoms with van der Waals surface area (Å²) >= 11 is 0. The highest BCUT2D eigenvalue weighted by atomic mass is 16.6. The van der Waals surface area contributed by atoms with E-state index in [1.54, 1.807) is 20.8 Å². The average Bonchev–Trinajstić information content (AvgIpc) is 2.58. The number of amides is 2. The van der Waals surface area contributed by atoms with Crippen molar-refractivity contribution in [2.45, 2.75) is 46.6 Å². The third-order valence-corrected chi connectivity index (χ3v) is 3.53. The molecule has 0 radical (unpaired) electrons. The molecule has 0 bridgehead atoms.